The molecule has 0 aliphatic heterocycles. The van der Waals surface area contributed by atoms with E-state index in [0.29, 0.717) is 0 Å². The maximum absolute atomic E-state index is 4.66. The molecule has 0 saturated carbocycles. The number of hydrogen-bond acceptors (Lipinski definition) is 6. The summed E-state index contributed by atoms with van der Waals surface area (Å²) in [4.78, 5) is 9.26. The highest BCUT2D eigenvalue weighted by Crippen LogP contribution is 2.34. The van der Waals surface area contributed by atoms with Crippen LogP contribution in [0.3, 0.4) is 0 Å². The van der Waals surface area contributed by atoms with Gasteiger partial charge in [-0.3, -0.25) is 14.6 Å². The average molecular weight is 450 g/mol. The van der Waals surface area contributed by atoms with E-state index in [2.05, 4.69) is 78.8 Å². The topological polar surface area (TPSA) is 91.3 Å². The predicted octanol–water partition coefficient (Wildman–Crippen LogP) is 3.85. The molecule has 0 radical (unpaired) electrons. The second-order valence-electron chi connectivity index (χ2n) is 8.42. The molecule has 6 aromatic rings. The van der Waals surface area contributed by atoms with E-state index in [-0.39, 0.29) is 6.04 Å². The van der Waals surface area contributed by atoms with Crippen LogP contribution in [-0.2, 0) is 21.1 Å². The first-order valence-electron chi connectivity index (χ1n) is 11.0. The molecule has 9 nitrogen and oxygen atoms in total. The van der Waals surface area contributed by atoms with Crippen molar-refractivity contribution in [1.82, 2.24) is 39.3 Å². The Hall–Kier alpha value is -4.53. The van der Waals surface area contributed by atoms with Crippen molar-refractivity contribution in [3.63, 3.8) is 0 Å². The molecule has 0 amide bonds. The summed E-state index contributed by atoms with van der Waals surface area (Å²) >= 11 is 0. The van der Waals surface area contributed by atoms with Crippen LogP contribution in [0.5, 0.6) is 0 Å². The SMILES string of the molecule is Cn1ccc([C@H](Nc2cc(-c3ccc4ccn(C)c4c3)c3nccnc3c2)c2cnnn2C)n1. The molecule has 4 aromatic heterocycles. The van der Waals surface area contributed by atoms with Crippen LogP contribution >= 0.6 is 0 Å². The van der Waals surface area contributed by atoms with E-state index >= 15 is 0 Å². The molecule has 0 aliphatic rings. The number of aromatic nitrogens is 8. The van der Waals surface area contributed by atoms with Gasteiger partial charge in [-0.2, -0.15) is 5.10 Å². The standard InChI is InChI=1S/C25H23N9/c1-32-10-6-16-4-5-17(12-22(16)32)19-13-18(14-21-24(19)27-9-8-26-21)29-25(20-7-11-33(2)30-20)23-15-28-31-34(23)3/h4-15,25,29H,1-3H3/t25-/m0/s1. The van der Waals surface area contributed by atoms with Gasteiger partial charge in [-0.1, -0.05) is 17.3 Å². The van der Waals surface area contributed by atoms with Gasteiger partial charge in [0.2, 0.25) is 0 Å². The van der Waals surface area contributed by atoms with Gasteiger partial charge in [-0.15, -0.1) is 5.10 Å². The molecule has 34 heavy (non-hydrogen) atoms. The first kappa shape index (κ1) is 20.1. The second kappa shape index (κ2) is 7.80. The van der Waals surface area contributed by atoms with Crippen LogP contribution in [0, 0.1) is 0 Å². The molecule has 6 rings (SSSR count). The fourth-order valence-corrected chi connectivity index (χ4v) is 4.42. The molecule has 0 saturated heterocycles. The minimum absolute atomic E-state index is 0.237. The van der Waals surface area contributed by atoms with Crippen LogP contribution < -0.4 is 5.32 Å². The Morgan fingerprint density at radius 2 is 1.79 bits per heavy atom. The normalized spacial score (nSPS) is 12.4. The molecule has 9 heteroatoms. The van der Waals surface area contributed by atoms with Gasteiger partial charge in [-0.05, 0) is 41.3 Å². The number of fused-ring (bicyclic) bond motifs is 2. The van der Waals surface area contributed by atoms with Crippen molar-refractivity contribution in [3.8, 4) is 11.1 Å². The Labute approximate surface area is 195 Å². The quantitative estimate of drug-likeness (QED) is 0.430. The van der Waals surface area contributed by atoms with E-state index in [4.69, 9.17) is 0 Å². The van der Waals surface area contributed by atoms with Crippen molar-refractivity contribution in [2.45, 2.75) is 6.04 Å². The van der Waals surface area contributed by atoms with Crippen LogP contribution in [0.4, 0.5) is 5.69 Å². The molecule has 168 valence electrons. The third-order valence-corrected chi connectivity index (χ3v) is 6.16. The lowest BCUT2D eigenvalue weighted by atomic mass is 10.0. The molecule has 2 aromatic carbocycles. The lowest BCUT2D eigenvalue weighted by Gasteiger charge is -2.19. The zero-order chi connectivity index (χ0) is 23.2. The minimum atomic E-state index is -0.237. The summed E-state index contributed by atoms with van der Waals surface area (Å²) in [5, 5.41) is 17.7. The molecule has 1 atom stereocenters. The Morgan fingerprint density at radius 1 is 0.912 bits per heavy atom. The molecule has 0 aliphatic carbocycles. The fraction of sp³-hybridized carbons (Fsp3) is 0.160. The summed E-state index contributed by atoms with van der Waals surface area (Å²) in [6.45, 7) is 0. The van der Waals surface area contributed by atoms with Crippen molar-refractivity contribution < 1.29 is 0 Å². The van der Waals surface area contributed by atoms with Crippen LogP contribution in [-0.4, -0.2) is 39.3 Å². The summed E-state index contributed by atoms with van der Waals surface area (Å²) in [5.74, 6) is 0. The highest BCUT2D eigenvalue weighted by atomic mass is 15.4. The first-order chi connectivity index (χ1) is 16.6. The van der Waals surface area contributed by atoms with Gasteiger partial charge in [0.15, 0.2) is 0 Å². The number of aryl methyl sites for hydroxylation is 3. The summed E-state index contributed by atoms with van der Waals surface area (Å²) in [6.07, 6.45) is 9.22. The number of benzene rings is 2. The van der Waals surface area contributed by atoms with Crippen molar-refractivity contribution in [3.05, 3.63) is 84.8 Å². The Kier molecular flexibility index (Phi) is 4.61. The van der Waals surface area contributed by atoms with Crippen LogP contribution in [0.25, 0.3) is 33.1 Å². The van der Waals surface area contributed by atoms with Gasteiger partial charge in [0.25, 0.3) is 0 Å². The van der Waals surface area contributed by atoms with Crippen LogP contribution in [0.2, 0.25) is 0 Å². The average Bonchev–Trinajstić information content (AvgIpc) is 3.57. The molecular weight excluding hydrogens is 426 g/mol. The summed E-state index contributed by atoms with van der Waals surface area (Å²) in [6, 6.07) is 14.5. The van der Waals surface area contributed by atoms with Crippen molar-refractivity contribution in [2.75, 3.05) is 5.32 Å². The predicted molar refractivity (Wildman–Crippen MR) is 131 cm³/mol. The van der Waals surface area contributed by atoms with E-state index < -0.39 is 0 Å². The lowest BCUT2D eigenvalue weighted by molar-refractivity contribution is 0.648. The molecule has 4 heterocycles. The van der Waals surface area contributed by atoms with Gasteiger partial charge < -0.3 is 9.88 Å². The van der Waals surface area contributed by atoms with Gasteiger partial charge in [0, 0.05) is 62.7 Å². The van der Waals surface area contributed by atoms with Crippen molar-refractivity contribution in [2.24, 2.45) is 21.1 Å². The summed E-state index contributed by atoms with van der Waals surface area (Å²) in [7, 11) is 5.85. The minimum Gasteiger partial charge on any atom is -0.371 e. The molecule has 0 bridgehead atoms. The Bertz CT molecular complexity index is 1640. The van der Waals surface area contributed by atoms with E-state index in [1.807, 2.05) is 32.4 Å². The molecule has 0 fully saturated rings. The summed E-state index contributed by atoms with van der Waals surface area (Å²) in [5.41, 5.74) is 7.63. The highest BCUT2D eigenvalue weighted by molar-refractivity contribution is 5.97. The molecule has 0 spiro atoms. The highest BCUT2D eigenvalue weighted by Gasteiger charge is 2.22. The Balaban J connectivity index is 1.50. The van der Waals surface area contributed by atoms with Crippen LogP contribution in [0.1, 0.15) is 17.4 Å². The second-order valence-corrected chi connectivity index (χ2v) is 8.42. The van der Waals surface area contributed by atoms with Gasteiger partial charge >= 0.3 is 0 Å². The van der Waals surface area contributed by atoms with Gasteiger partial charge in [-0.25, -0.2) is 4.68 Å². The number of nitrogens with zero attached hydrogens (tertiary/aromatic N) is 8. The molecular formula is C25H23N9. The number of nitrogens with one attached hydrogen (secondary N) is 1. The molecule has 1 N–H and O–H groups in total. The third-order valence-electron chi connectivity index (χ3n) is 6.16. The molecule has 0 unspecified atom stereocenters. The monoisotopic (exact) mass is 449 g/mol. The lowest BCUT2D eigenvalue weighted by Crippen LogP contribution is -2.17. The number of hydrogen-bond donors (Lipinski definition) is 1. The van der Waals surface area contributed by atoms with Gasteiger partial charge in [0.05, 0.1) is 28.6 Å². The largest absolute Gasteiger partial charge is 0.371 e. The zero-order valence-electron chi connectivity index (χ0n) is 19.1. The van der Waals surface area contributed by atoms with E-state index in [9.17, 15) is 0 Å². The zero-order valence-corrected chi connectivity index (χ0v) is 19.1. The van der Waals surface area contributed by atoms with Crippen LogP contribution in [0.15, 0.2) is 73.4 Å². The first-order valence-corrected chi connectivity index (χ1v) is 11.0. The maximum atomic E-state index is 4.66. The smallest absolute Gasteiger partial charge is 0.114 e. The maximum Gasteiger partial charge on any atom is 0.114 e. The van der Waals surface area contributed by atoms with E-state index in [1.165, 1.54) is 10.9 Å². The van der Waals surface area contributed by atoms with Crippen molar-refractivity contribution >= 4 is 27.6 Å². The number of anilines is 1. The third kappa shape index (κ3) is 3.38. The van der Waals surface area contributed by atoms with Gasteiger partial charge in [0.1, 0.15) is 6.04 Å². The van der Waals surface area contributed by atoms with E-state index in [0.717, 1.165) is 39.2 Å². The summed E-state index contributed by atoms with van der Waals surface area (Å²) < 4.78 is 5.68. The van der Waals surface area contributed by atoms with E-state index in [1.54, 1.807) is 28.0 Å². The van der Waals surface area contributed by atoms with Crippen molar-refractivity contribution in [1.29, 1.82) is 0 Å². The Morgan fingerprint density at radius 3 is 2.59 bits per heavy atom. The number of rotatable bonds is 5. The fourth-order valence-electron chi connectivity index (χ4n) is 4.42.